The Morgan fingerprint density at radius 1 is 1.48 bits per heavy atom. The second-order valence-corrected chi connectivity index (χ2v) is 5.21. The monoisotopic (exact) mass is 294 g/mol. The number of aromatic nitrogens is 2. The van der Waals surface area contributed by atoms with Gasteiger partial charge in [-0.15, -0.1) is 0 Å². The Hall–Kier alpha value is -2.78. The van der Waals surface area contributed by atoms with Crippen LogP contribution in [0.4, 0.5) is 0 Å². The van der Waals surface area contributed by atoms with Gasteiger partial charge in [0.05, 0.1) is 16.2 Å². The lowest BCUT2D eigenvalue weighted by Crippen LogP contribution is -2.50. The largest absolute Gasteiger partial charge is 0.359 e. The van der Waals surface area contributed by atoms with Gasteiger partial charge < -0.3 is 5.21 Å². The molecule has 0 aliphatic heterocycles. The van der Waals surface area contributed by atoms with Crippen molar-refractivity contribution in [3.05, 3.63) is 54.5 Å². The van der Waals surface area contributed by atoms with Crippen LogP contribution in [0.25, 0.3) is 5.70 Å². The average molecular weight is 294 g/mol. The van der Waals surface area contributed by atoms with Crippen LogP contribution in [-0.4, -0.2) is 20.5 Å². The van der Waals surface area contributed by atoms with Crippen LogP contribution < -0.4 is 4.90 Å². The maximum absolute atomic E-state index is 11.8. The third-order valence-corrected chi connectivity index (χ3v) is 4.05. The zero-order valence-corrected chi connectivity index (χ0v) is 10.9. The van der Waals surface area contributed by atoms with Crippen LogP contribution in [0, 0.1) is 25.4 Å². The van der Waals surface area contributed by atoms with E-state index in [1.807, 2.05) is 0 Å². The number of hydrogen-bond acceptors (Lipinski definition) is 7. The molecule has 0 saturated carbocycles. The summed E-state index contributed by atoms with van der Waals surface area (Å²) in [5, 5.41) is 37.9. The first kappa shape index (κ1) is 13.2. The van der Waals surface area contributed by atoms with Gasteiger partial charge in [-0.05, 0) is 18.2 Å². The van der Waals surface area contributed by atoms with E-state index in [-0.39, 0.29) is 29.1 Å². The minimum atomic E-state index is -1.72. The average Bonchev–Trinajstić information content (AvgIpc) is 2.80. The maximum Gasteiger partial charge on any atom is 0.329 e. The first-order valence-corrected chi connectivity index (χ1v) is 6.14. The normalized spacial score (nSPS) is 27.2. The van der Waals surface area contributed by atoms with Gasteiger partial charge in [0.2, 0.25) is 5.69 Å². The van der Waals surface area contributed by atoms with Crippen LogP contribution in [0.1, 0.15) is 37.1 Å². The molecule has 110 valence electrons. The van der Waals surface area contributed by atoms with E-state index in [4.69, 9.17) is 0 Å². The summed E-state index contributed by atoms with van der Waals surface area (Å²) < 4.78 is 4.43. The Kier molecular flexibility index (Phi) is 2.58. The third kappa shape index (κ3) is 1.65. The predicted molar refractivity (Wildman–Crippen MR) is 65.9 cm³/mol. The van der Waals surface area contributed by atoms with Gasteiger partial charge in [-0.25, -0.2) is 0 Å². The Bertz CT molecular complexity index is 720. The van der Waals surface area contributed by atoms with E-state index in [0.717, 1.165) is 11.6 Å². The van der Waals surface area contributed by atoms with E-state index >= 15 is 0 Å². The fourth-order valence-electron chi connectivity index (χ4n) is 2.98. The first-order chi connectivity index (χ1) is 9.86. The highest BCUT2D eigenvalue weighted by Gasteiger charge is 2.61. The number of rotatable bonds is 2. The highest BCUT2D eigenvalue weighted by atomic mass is 16.8. The molecule has 0 unspecified atom stereocenters. The quantitative estimate of drug-likeness (QED) is 0.339. The molecule has 21 heavy (non-hydrogen) atoms. The van der Waals surface area contributed by atoms with Gasteiger partial charge in [0.25, 0.3) is 5.54 Å². The molecule has 10 heteroatoms. The molecule has 2 atom stereocenters. The van der Waals surface area contributed by atoms with Crippen molar-refractivity contribution in [2.24, 2.45) is 0 Å². The smallest absolute Gasteiger partial charge is 0.329 e. The summed E-state index contributed by atoms with van der Waals surface area (Å²) in [4.78, 5) is 21.4. The van der Waals surface area contributed by atoms with Crippen molar-refractivity contribution in [2.45, 2.75) is 31.2 Å². The van der Waals surface area contributed by atoms with Crippen molar-refractivity contribution in [2.75, 3.05) is 0 Å². The first-order valence-electron chi connectivity index (χ1n) is 6.14. The van der Waals surface area contributed by atoms with Crippen LogP contribution >= 0.6 is 0 Å². The summed E-state index contributed by atoms with van der Waals surface area (Å²) in [6.07, 6.45) is 2.89. The minimum Gasteiger partial charge on any atom is -0.359 e. The summed E-state index contributed by atoms with van der Waals surface area (Å²) in [6, 6.07) is 0. The molecule has 1 heterocycles. The van der Waals surface area contributed by atoms with E-state index < -0.39 is 27.0 Å². The van der Waals surface area contributed by atoms with E-state index in [1.54, 1.807) is 13.0 Å². The van der Waals surface area contributed by atoms with Crippen LogP contribution in [0.3, 0.4) is 0 Å². The second kappa shape index (κ2) is 4.11. The molecule has 1 aromatic heterocycles. The topological polar surface area (TPSA) is 139 Å². The third-order valence-electron chi connectivity index (χ3n) is 4.05. The number of hydrogen-bond donors (Lipinski definition) is 0. The summed E-state index contributed by atoms with van der Waals surface area (Å²) in [6.45, 7) is 1.79. The molecule has 0 saturated heterocycles. The summed E-state index contributed by atoms with van der Waals surface area (Å²) in [5.74, 6) is -0.833. The fourth-order valence-corrected chi connectivity index (χ4v) is 2.98. The van der Waals surface area contributed by atoms with Crippen molar-refractivity contribution in [1.29, 1.82) is 0 Å². The molecule has 0 aromatic carbocycles. The van der Waals surface area contributed by atoms with Crippen molar-refractivity contribution >= 4 is 5.70 Å². The van der Waals surface area contributed by atoms with Crippen molar-refractivity contribution in [1.82, 2.24) is 5.16 Å². The van der Waals surface area contributed by atoms with E-state index in [1.165, 1.54) is 0 Å². The Balaban J connectivity index is 2.31. The second-order valence-electron chi connectivity index (χ2n) is 5.21. The molecule has 0 N–H and O–H groups in total. The summed E-state index contributed by atoms with van der Waals surface area (Å²) in [7, 11) is 0. The molecule has 0 fully saturated rings. The van der Waals surface area contributed by atoms with Crippen molar-refractivity contribution in [3.63, 3.8) is 0 Å². The molecular weight excluding hydrogens is 284 g/mol. The highest BCUT2D eigenvalue weighted by molar-refractivity contribution is 5.62. The van der Waals surface area contributed by atoms with Crippen LogP contribution in [0.15, 0.2) is 22.4 Å². The van der Waals surface area contributed by atoms with E-state index in [0.29, 0.717) is 0 Å². The van der Waals surface area contributed by atoms with Crippen LogP contribution in [-0.2, 0) is 0 Å². The Morgan fingerprint density at radius 3 is 2.81 bits per heavy atom. The van der Waals surface area contributed by atoms with E-state index in [2.05, 4.69) is 9.79 Å². The van der Waals surface area contributed by atoms with Gasteiger partial charge in [0.15, 0.2) is 0 Å². The zero-order valence-electron chi connectivity index (χ0n) is 10.9. The number of nitrogens with zero attached hydrogens (tertiary/aromatic N) is 4. The molecular formula is C11H10N4O6. The minimum absolute atomic E-state index is 0.0154. The Morgan fingerprint density at radius 2 is 2.19 bits per heavy atom. The van der Waals surface area contributed by atoms with Gasteiger partial charge in [0, 0.05) is 11.3 Å². The van der Waals surface area contributed by atoms with Crippen molar-refractivity contribution in [3.8, 4) is 0 Å². The number of nitro groups is 2. The van der Waals surface area contributed by atoms with Gasteiger partial charge in [-0.1, -0.05) is 11.6 Å². The molecule has 2 aliphatic rings. The molecule has 0 bridgehead atoms. The van der Waals surface area contributed by atoms with Crippen LogP contribution in [0.5, 0.6) is 0 Å². The van der Waals surface area contributed by atoms with Gasteiger partial charge in [0.1, 0.15) is 5.92 Å². The van der Waals surface area contributed by atoms with Gasteiger partial charge in [-0.2, -0.15) is 0 Å². The molecule has 0 radical (unpaired) electrons. The lowest BCUT2D eigenvalue weighted by atomic mass is 9.69. The fraction of sp³-hybridized carbons (Fsp3) is 0.455. The van der Waals surface area contributed by atoms with Gasteiger partial charge in [-0.3, -0.25) is 24.9 Å². The lowest BCUT2D eigenvalue weighted by Gasteiger charge is -2.33. The SMILES string of the molecule is CC1=CC[C@]2([N+](=O)[O-])C=C([N+](=O)[O-])c3no[n+]([O-])c3[C@@H]2C1. The van der Waals surface area contributed by atoms with E-state index in [9.17, 15) is 25.4 Å². The molecule has 10 nitrogen and oxygen atoms in total. The zero-order chi connectivity index (χ0) is 15.4. The number of allylic oxidation sites excluding steroid dienone is 1. The summed E-state index contributed by atoms with van der Waals surface area (Å²) >= 11 is 0. The molecule has 0 spiro atoms. The summed E-state index contributed by atoms with van der Waals surface area (Å²) in [5.41, 5.74) is -1.78. The lowest BCUT2D eigenvalue weighted by molar-refractivity contribution is -0.810. The van der Waals surface area contributed by atoms with Crippen LogP contribution in [0.2, 0.25) is 0 Å². The molecule has 2 aliphatic carbocycles. The molecule has 0 amide bonds. The van der Waals surface area contributed by atoms with Crippen molar-refractivity contribution < 1.29 is 19.4 Å². The highest BCUT2D eigenvalue weighted by Crippen LogP contribution is 2.48. The molecule has 3 rings (SSSR count). The number of fused-ring (bicyclic) bond motifs is 3. The predicted octanol–water partition coefficient (Wildman–Crippen LogP) is 0.778. The standard InChI is InChI=1S/C11H10N4O6/c1-6-2-3-11(15(19)20)5-8(13(16)17)9-10(7(11)4-6)14(18)21-12-9/h2,5,7H,3-4H2,1H3/t7-,11-/m0/s1. The van der Waals surface area contributed by atoms with Gasteiger partial charge >= 0.3 is 11.4 Å². The maximum atomic E-state index is 11.8. The molecule has 1 aromatic rings. The Labute approximate surface area is 117 Å².